The molecule has 13 heavy (non-hydrogen) atoms. The van der Waals surface area contributed by atoms with Gasteiger partial charge in [0.25, 0.3) is 0 Å². The lowest BCUT2D eigenvalue weighted by Gasteiger charge is -2.25. The van der Waals surface area contributed by atoms with Crippen LogP contribution in [0.5, 0.6) is 0 Å². The largest absolute Gasteiger partial charge is 0.389 e. The highest BCUT2D eigenvalue weighted by Gasteiger charge is 2.21. The number of aliphatic hydroxyl groups is 1. The van der Waals surface area contributed by atoms with Crippen LogP contribution >= 0.6 is 0 Å². The van der Waals surface area contributed by atoms with Gasteiger partial charge in [0.05, 0.1) is 5.60 Å². The van der Waals surface area contributed by atoms with Gasteiger partial charge in [-0.05, 0) is 32.6 Å². The molecule has 1 aliphatic carbocycles. The molecule has 3 nitrogen and oxygen atoms in total. The average molecular weight is 185 g/mol. The molecule has 2 N–H and O–H groups in total. The van der Waals surface area contributed by atoms with Crippen molar-refractivity contribution in [3.63, 3.8) is 0 Å². The van der Waals surface area contributed by atoms with Crippen molar-refractivity contribution in [2.24, 2.45) is 5.92 Å². The van der Waals surface area contributed by atoms with E-state index >= 15 is 0 Å². The second-order valence-electron chi connectivity index (χ2n) is 4.59. The van der Waals surface area contributed by atoms with Crippen LogP contribution in [0.4, 0.5) is 0 Å². The van der Waals surface area contributed by atoms with Crippen molar-refractivity contribution >= 4 is 5.91 Å². The molecule has 0 saturated heterocycles. The Hall–Kier alpha value is -0.570. The van der Waals surface area contributed by atoms with E-state index < -0.39 is 5.60 Å². The van der Waals surface area contributed by atoms with Gasteiger partial charge in [0.2, 0.25) is 5.91 Å². The third kappa shape index (κ3) is 4.27. The molecule has 0 spiro atoms. The summed E-state index contributed by atoms with van der Waals surface area (Å²) < 4.78 is 0. The van der Waals surface area contributed by atoms with Gasteiger partial charge in [-0.25, -0.2) is 0 Å². The number of amides is 1. The molecule has 76 valence electrons. The summed E-state index contributed by atoms with van der Waals surface area (Å²) in [6.45, 7) is 3.73. The van der Waals surface area contributed by atoms with Crippen LogP contribution in [-0.2, 0) is 4.79 Å². The van der Waals surface area contributed by atoms with E-state index in [0.29, 0.717) is 18.9 Å². The van der Waals surface area contributed by atoms with Gasteiger partial charge < -0.3 is 10.4 Å². The standard InChI is InChI=1S/C10H19NO2/c1-10(2,13)7-11-9(12)6-8-4-3-5-8/h8,13H,3-7H2,1-2H3,(H,11,12). The highest BCUT2D eigenvalue weighted by atomic mass is 16.3. The van der Waals surface area contributed by atoms with Crippen molar-refractivity contribution in [3.05, 3.63) is 0 Å². The van der Waals surface area contributed by atoms with Gasteiger partial charge in [-0.15, -0.1) is 0 Å². The molecule has 0 aromatic carbocycles. The van der Waals surface area contributed by atoms with Crippen LogP contribution < -0.4 is 5.32 Å². The first-order valence-corrected chi connectivity index (χ1v) is 4.96. The summed E-state index contributed by atoms with van der Waals surface area (Å²) in [4.78, 5) is 11.3. The van der Waals surface area contributed by atoms with E-state index in [9.17, 15) is 9.90 Å². The smallest absolute Gasteiger partial charge is 0.220 e. The van der Waals surface area contributed by atoms with Gasteiger partial charge >= 0.3 is 0 Å². The highest BCUT2D eigenvalue weighted by molar-refractivity contribution is 5.76. The van der Waals surface area contributed by atoms with Gasteiger partial charge in [0.1, 0.15) is 0 Å². The number of nitrogens with one attached hydrogen (secondary N) is 1. The molecule has 0 radical (unpaired) electrons. The van der Waals surface area contributed by atoms with E-state index in [1.807, 2.05) is 0 Å². The molecule has 0 aromatic rings. The molecule has 0 aromatic heterocycles. The van der Waals surface area contributed by atoms with Crippen molar-refractivity contribution in [1.29, 1.82) is 0 Å². The monoisotopic (exact) mass is 185 g/mol. The van der Waals surface area contributed by atoms with Crippen molar-refractivity contribution in [1.82, 2.24) is 5.32 Å². The summed E-state index contributed by atoms with van der Waals surface area (Å²) >= 11 is 0. The Morgan fingerprint density at radius 1 is 1.54 bits per heavy atom. The fourth-order valence-electron chi connectivity index (χ4n) is 1.35. The fraction of sp³-hybridized carbons (Fsp3) is 0.900. The summed E-state index contributed by atoms with van der Waals surface area (Å²) in [6, 6.07) is 0. The van der Waals surface area contributed by atoms with Crippen LogP contribution in [0.2, 0.25) is 0 Å². The maximum Gasteiger partial charge on any atom is 0.220 e. The summed E-state index contributed by atoms with van der Waals surface area (Å²) in [7, 11) is 0. The Kier molecular flexibility index (Phi) is 3.31. The number of hydrogen-bond acceptors (Lipinski definition) is 2. The van der Waals surface area contributed by atoms with Crippen molar-refractivity contribution in [3.8, 4) is 0 Å². The highest BCUT2D eigenvalue weighted by Crippen LogP contribution is 2.29. The van der Waals surface area contributed by atoms with Gasteiger partial charge in [-0.3, -0.25) is 4.79 Å². The Morgan fingerprint density at radius 2 is 2.15 bits per heavy atom. The maximum absolute atomic E-state index is 11.3. The zero-order chi connectivity index (χ0) is 9.90. The zero-order valence-corrected chi connectivity index (χ0v) is 8.47. The van der Waals surface area contributed by atoms with Crippen LogP contribution in [0.3, 0.4) is 0 Å². The summed E-state index contributed by atoms with van der Waals surface area (Å²) in [5.41, 5.74) is -0.796. The Balaban J connectivity index is 2.10. The topological polar surface area (TPSA) is 49.3 Å². The number of hydrogen-bond donors (Lipinski definition) is 2. The van der Waals surface area contributed by atoms with Gasteiger partial charge in [0, 0.05) is 13.0 Å². The Morgan fingerprint density at radius 3 is 2.54 bits per heavy atom. The van der Waals surface area contributed by atoms with Gasteiger partial charge in [-0.2, -0.15) is 0 Å². The van der Waals surface area contributed by atoms with E-state index in [-0.39, 0.29) is 5.91 Å². The molecule has 1 fully saturated rings. The fourth-order valence-corrected chi connectivity index (χ4v) is 1.35. The zero-order valence-electron chi connectivity index (χ0n) is 8.47. The molecule has 1 saturated carbocycles. The van der Waals surface area contributed by atoms with Crippen LogP contribution in [0.15, 0.2) is 0 Å². The van der Waals surface area contributed by atoms with E-state index in [1.54, 1.807) is 13.8 Å². The molecule has 3 heteroatoms. The van der Waals surface area contributed by atoms with E-state index in [2.05, 4.69) is 5.32 Å². The minimum Gasteiger partial charge on any atom is -0.389 e. The van der Waals surface area contributed by atoms with Crippen LogP contribution in [0.1, 0.15) is 39.5 Å². The number of rotatable bonds is 4. The summed E-state index contributed by atoms with van der Waals surface area (Å²) in [5.74, 6) is 0.675. The molecule has 0 aliphatic heterocycles. The molecule has 0 unspecified atom stereocenters. The Bertz CT molecular complexity index is 180. The quantitative estimate of drug-likeness (QED) is 0.688. The average Bonchev–Trinajstić information content (AvgIpc) is 1.91. The van der Waals surface area contributed by atoms with E-state index in [4.69, 9.17) is 0 Å². The van der Waals surface area contributed by atoms with Gasteiger partial charge in [-0.1, -0.05) is 6.42 Å². The first-order chi connectivity index (χ1) is 5.97. The third-order valence-corrected chi connectivity index (χ3v) is 2.42. The maximum atomic E-state index is 11.3. The number of carbonyl (C=O) groups excluding carboxylic acids is 1. The van der Waals surface area contributed by atoms with E-state index in [1.165, 1.54) is 19.3 Å². The lowest BCUT2D eigenvalue weighted by molar-refractivity contribution is -0.123. The molecule has 0 atom stereocenters. The molecule has 1 rings (SSSR count). The van der Waals surface area contributed by atoms with Crippen molar-refractivity contribution in [2.45, 2.75) is 45.1 Å². The SMILES string of the molecule is CC(C)(O)CNC(=O)CC1CCC1. The lowest BCUT2D eigenvalue weighted by Crippen LogP contribution is -2.39. The predicted octanol–water partition coefficient (Wildman–Crippen LogP) is 1.06. The summed E-state index contributed by atoms with van der Waals surface area (Å²) in [6.07, 6.45) is 4.28. The van der Waals surface area contributed by atoms with Crippen LogP contribution in [-0.4, -0.2) is 23.2 Å². The molecule has 0 bridgehead atoms. The number of carbonyl (C=O) groups is 1. The lowest BCUT2D eigenvalue weighted by atomic mass is 9.83. The molecular formula is C10H19NO2. The normalized spacial score (nSPS) is 18.1. The first kappa shape index (κ1) is 10.5. The second kappa shape index (κ2) is 4.09. The molecule has 1 aliphatic rings. The van der Waals surface area contributed by atoms with Gasteiger partial charge in [0.15, 0.2) is 0 Å². The molecular weight excluding hydrogens is 166 g/mol. The first-order valence-electron chi connectivity index (χ1n) is 4.96. The minimum absolute atomic E-state index is 0.0758. The van der Waals surface area contributed by atoms with Crippen LogP contribution in [0.25, 0.3) is 0 Å². The minimum atomic E-state index is -0.796. The third-order valence-electron chi connectivity index (χ3n) is 2.42. The Labute approximate surface area is 79.5 Å². The van der Waals surface area contributed by atoms with Crippen LogP contribution in [0, 0.1) is 5.92 Å². The predicted molar refractivity (Wildman–Crippen MR) is 51.3 cm³/mol. The summed E-state index contributed by atoms with van der Waals surface area (Å²) in [5, 5.41) is 12.1. The van der Waals surface area contributed by atoms with E-state index in [0.717, 1.165) is 0 Å². The molecule has 1 amide bonds. The van der Waals surface area contributed by atoms with Crippen molar-refractivity contribution in [2.75, 3.05) is 6.54 Å². The second-order valence-corrected chi connectivity index (χ2v) is 4.59. The van der Waals surface area contributed by atoms with Crippen molar-refractivity contribution < 1.29 is 9.90 Å². The molecule has 0 heterocycles.